The molecule has 1 aromatic carbocycles. The van der Waals surface area contributed by atoms with Gasteiger partial charge < -0.3 is 24.6 Å². The van der Waals surface area contributed by atoms with E-state index in [0.717, 1.165) is 39.0 Å². The monoisotopic (exact) mass is 456 g/mol. The Hall–Kier alpha value is -2.36. The van der Waals surface area contributed by atoms with Gasteiger partial charge in [-0.2, -0.15) is 0 Å². The first-order chi connectivity index (χ1) is 14.7. The number of carboxylic acid groups (broad SMARTS) is 2. The third-order valence-corrected chi connectivity index (χ3v) is 5.39. The molecule has 2 saturated heterocycles. The van der Waals surface area contributed by atoms with Crippen molar-refractivity contribution in [3.8, 4) is 5.75 Å². The molecule has 0 aromatic heterocycles. The van der Waals surface area contributed by atoms with E-state index < -0.39 is 11.9 Å². The van der Waals surface area contributed by atoms with Gasteiger partial charge in [-0.1, -0.05) is 11.6 Å². The Balaban J connectivity index is 0.000000501. The van der Waals surface area contributed by atoms with Crippen LogP contribution in [0.4, 0.5) is 0 Å². The van der Waals surface area contributed by atoms with Gasteiger partial charge in [-0.25, -0.2) is 9.59 Å². The fraction of sp³-hybridized carbons (Fsp3) is 0.571. The molecule has 0 radical (unpaired) electrons. The van der Waals surface area contributed by atoms with Gasteiger partial charge >= 0.3 is 11.9 Å². The molecule has 9 nitrogen and oxygen atoms in total. The average Bonchev–Trinajstić information content (AvgIpc) is 2.73. The number of amides is 1. The zero-order valence-corrected chi connectivity index (χ0v) is 18.5. The topological polar surface area (TPSA) is 117 Å². The van der Waals surface area contributed by atoms with Crippen molar-refractivity contribution in [3.05, 3.63) is 29.3 Å². The number of piperidine rings is 1. The smallest absolute Gasteiger partial charge is 0.414 e. The zero-order valence-electron chi connectivity index (χ0n) is 17.7. The Bertz CT molecular complexity index is 729. The number of carbonyl (C=O) groups excluding carboxylic acids is 1. The fourth-order valence-electron chi connectivity index (χ4n) is 3.76. The van der Waals surface area contributed by atoms with E-state index >= 15 is 0 Å². The first-order valence-corrected chi connectivity index (χ1v) is 10.6. The summed E-state index contributed by atoms with van der Waals surface area (Å²) in [6.07, 6.45) is 2.62. The van der Waals surface area contributed by atoms with Crippen LogP contribution >= 0.6 is 11.6 Å². The number of likely N-dealkylation sites (tertiary alicyclic amines) is 1. The van der Waals surface area contributed by atoms with E-state index in [2.05, 4.69) is 18.7 Å². The normalized spacial score (nSPS) is 22.2. The number of morpholine rings is 1. The molecular weight excluding hydrogens is 428 g/mol. The maximum Gasteiger partial charge on any atom is 0.414 e. The van der Waals surface area contributed by atoms with Crippen LogP contribution in [0.15, 0.2) is 24.3 Å². The number of nitrogens with zero attached hydrogens (tertiary/aromatic N) is 2. The van der Waals surface area contributed by atoms with Gasteiger partial charge in [0.15, 0.2) is 6.61 Å². The molecule has 2 aliphatic heterocycles. The number of carbonyl (C=O) groups is 3. The second-order valence-electron chi connectivity index (χ2n) is 7.68. The van der Waals surface area contributed by atoms with Crippen molar-refractivity contribution in [2.24, 2.45) is 0 Å². The number of halogens is 1. The van der Waals surface area contributed by atoms with Crippen LogP contribution < -0.4 is 4.74 Å². The summed E-state index contributed by atoms with van der Waals surface area (Å²) >= 11 is 5.85. The van der Waals surface area contributed by atoms with Crippen LogP contribution in [0.5, 0.6) is 5.75 Å². The molecule has 0 spiro atoms. The largest absolute Gasteiger partial charge is 0.484 e. The molecule has 2 fully saturated rings. The van der Waals surface area contributed by atoms with Crippen molar-refractivity contribution in [2.45, 2.75) is 44.9 Å². The van der Waals surface area contributed by atoms with Crippen LogP contribution in [0.25, 0.3) is 0 Å². The van der Waals surface area contributed by atoms with E-state index in [1.807, 2.05) is 4.90 Å². The summed E-state index contributed by atoms with van der Waals surface area (Å²) in [7, 11) is 0. The summed E-state index contributed by atoms with van der Waals surface area (Å²) in [4.78, 5) is 35.0. The van der Waals surface area contributed by atoms with Crippen LogP contribution in [-0.4, -0.2) is 88.9 Å². The lowest BCUT2D eigenvalue weighted by Gasteiger charge is -2.43. The number of aliphatic carboxylic acids is 2. The van der Waals surface area contributed by atoms with Crippen LogP contribution in [0.2, 0.25) is 5.02 Å². The van der Waals surface area contributed by atoms with E-state index in [9.17, 15) is 4.79 Å². The zero-order chi connectivity index (χ0) is 23.0. The average molecular weight is 457 g/mol. The predicted octanol–water partition coefficient (Wildman–Crippen LogP) is 1.97. The van der Waals surface area contributed by atoms with Crippen LogP contribution in [-0.2, 0) is 19.1 Å². The summed E-state index contributed by atoms with van der Waals surface area (Å²) in [5, 5.41) is 15.4. The molecule has 1 aromatic rings. The number of benzene rings is 1. The third-order valence-electron chi connectivity index (χ3n) is 5.14. The Morgan fingerprint density at radius 2 is 1.55 bits per heavy atom. The summed E-state index contributed by atoms with van der Waals surface area (Å²) in [5.74, 6) is -2.92. The number of rotatable bonds is 4. The quantitative estimate of drug-likeness (QED) is 0.660. The van der Waals surface area contributed by atoms with E-state index in [-0.39, 0.29) is 24.7 Å². The van der Waals surface area contributed by atoms with Crippen molar-refractivity contribution in [1.29, 1.82) is 0 Å². The number of carboxylic acids is 2. The highest BCUT2D eigenvalue weighted by atomic mass is 35.5. The first kappa shape index (κ1) is 24.9. The van der Waals surface area contributed by atoms with Gasteiger partial charge in [0.1, 0.15) is 5.75 Å². The molecule has 2 unspecified atom stereocenters. The van der Waals surface area contributed by atoms with E-state index in [1.54, 1.807) is 24.3 Å². The molecule has 3 rings (SSSR count). The van der Waals surface area contributed by atoms with Crippen molar-refractivity contribution < 1.29 is 34.1 Å². The molecule has 0 bridgehead atoms. The SMILES string of the molecule is CC1CN(C2CCN(C(=O)COc3ccc(Cl)cc3)CC2)CC(C)O1.O=C(O)C(=O)O. The molecule has 0 saturated carbocycles. The highest BCUT2D eigenvalue weighted by Crippen LogP contribution is 2.22. The van der Waals surface area contributed by atoms with Gasteiger partial charge in [0, 0.05) is 37.2 Å². The van der Waals surface area contributed by atoms with Crippen molar-refractivity contribution in [3.63, 3.8) is 0 Å². The van der Waals surface area contributed by atoms with Crippen LogP contribution in [0.1, 0.15) is 26.7 Å². The molecule has 2 aliphatic rings. The molecule has 172 valence electrons. The molecule has 2 heterocycles. The van der Waals surface area contributed by atoms with Crippen LogP contribution in [0, 0.1) is 0 Å². The van der Waals surface area contributed by atoms with Crippen molar-refractivity contribution >= 4 is 29.4 Å². The molecule has 10 heteroatoms. The predicted molar refractivity (Wildman–Crippen MR) is 113 cm³/mol. The summed E-state index contributed by atoms with van der Waals surface area (Å²) in [6.45, 7) is 7.93. The number of ether oxygens (including phenoxy) is 2. The Morgan fingerprint density at radius 1 is 1.03 bits per heavy atom. The second kappa shape index (κ2) is 11.9. The minimum Gasteiger partial charge on any atom is -0.484 e. The molecule has 1 amide bonds. The number of hydrogen-bond acceptors (Lipinski definition) is 6. The summed E-state index contributed by atoms with van der Waals surface area (Å²) < 4.78 is 11.4. The summed E-state index contributed by atoms with van der Waals surface area (Å²) in [5.41, 5.74) is 0. The lowest BCUT2D eigenvalue weighted by molar-refractivity contribution is -0.159. The molecule has 2 atom stereocenters. The lowest BCUT2D eigenvalue weighted by Crippen LogP contribution is -2.54. The van der Waals surface area contributed by atoms with Gasteiger partial charge in [0.2, 0.25) is 0 Å². The van der Waals surface area contributed by atoms with E-state index in [0.29, 0.717) is 16.8 Å². The second-order valence-corrected chi connectivity index (χ2v) is 8.11. The number of hydrogen-bond donors (Lipinski definition) is 2. The third kappa shape index (κ3) is 8.35. The van der Waals surface area contributed by atoms with Crippen LogP contribution in [0.3, 0.4) is 0 Å². The highest BCUT2D eigenvalue weighted by Gasteiger charge is 2.31. The van der Waals surface area contributed by atoms with Crippen molar-refractivity contribution in [1.82, 2.24) is 9.80 Å². The molecule has 2 N–H and O–H groups in total. The lowest BCUT2D eigenvalue weighted by atomic mass is 10.0. The van der Waals surface area contributed by atoms with Gasteiger partial charge in [0.05, 0.1) is 12.2 Å². The summed E-state index contributed by atoms with van der Waals surface area (Å²) in [6, 6.07) is 7.63. The minimum atomic E-state index is -1.82. The molecule has 0 aliphatic carbocycles. The first-order valence-electron chi connectivity index (χ1n) is 10.2. The maximum absolute atomic E-state index is 12.4. The Labute approximate surface area is 186 Å². The Morgan fingerprint density at radius 3 is 2.03 bits per heavy atom. The van der Waals surface area contributed by atoms with Gasteiger partial charge in [-0.15, -0.1) is 0 Å². The van der Waals surface area contributed by atoms with Gasteiger partial charge in [-0.3, -0.25) is 9.69 Å². The van der Waals surface area contributed by atoms with E-state index in [1.165, 1.54) is 0 Å². The van der Waals surface area contributed by atoms with E-state index in [4.69, 9.17) is 40.9 Å². The molecule has 31 heavy (non-hydrogen) atoms. The maximum atomic E-state index is 12.4. The minimum absolute atomic E-state index is 0.0529. The van der Waals surface area contributed by atoms with Crippen molar-refractivity contribution in [2.75, 3.05) is 32.8 Å². The fourth-order valence-corrected chi connectivity index (χ4v) is 3.89. The Kier molecular flexibility index (Phi) is 9.54. The van der Waals surface area contributed by atoms with Gasteiger partial charge in [0.25, 0.3) is 5.91 Å². The van der Waals surface area contributed by atoms with Gasteiger partial charge in [-0.05, 0) is 51.0 Å². The highest BCUT2D eigenvalue weighted by molar-refractivity contribution is 6.30. The molecular formula is C21H29ClN2O7. The standard InChI is InChI=1S/C19H27ClN2O3.C2H2O4/c1-14-11-22(12-15(2)25-14)17-7-9-21(10-8-17)19(23)13-24-18-5-3-16(20)4-6-18;3-1(4)2(5)6/h3-6,14-15,17H,7-13H2,1-2H3;(H,3,4)(H,5,6).